The van der Waals surface area contributed by atoms with Crippen molar-refractivity contribution in [2.75, 3.05) is 5.73 Å². The van der Waals surface area contributed by atoms with Gasteiger partial charge in [0.25, 0.3) is 0 Å². The molecule has 8 heteroatoms. The minimum atomic E-state index is -0.312. The van der Waals surface area contributed by atoms with Gasteiger partial charge >= 0.3 is 0 Å². The summed E-state index contributed by atoms with van der Waals surface area (Å²) in [5.41, 5.74) is 7.14. The quantitative estimate of drug-likeness (QED) is 0.584. The van der Waals surface area contributed by atoms with E-state index in [0.29, 0.717) is 34.1 Å². The second-order valence-electron chi connectivity index (χ2n) is 4.51. The molecule has 0 saturated carbocycles. The lowest BCUT2D eigenvalue weighted by atomic mass is 10.2. The van der Waals surface area contributed by atoms with Gasteiger partial charge in [-0.05, 0) is 31.2 Å². The monoisotopic (exact) mass is 317 g/mol. The molecule has 0 aliphatic rings. The highest BCUT2D eigenvalue weighted by Gasteiger charge is 2.10. The average molecular weight is 317 g/mol. The van der Waals surface area contributed by atoms with Gasteiger partial charge in [-0.3, -0.25) is 0 Å². The number of anilines is 1. The average Bonchev–Trinajstić information content (AvgIpc) is 2.94. The predicted octanol–water partition coefficient (Wildman–Crippen LogP) is 2.85. The molecule has 0 atom stereocenters. The summed E-state index contributed by atoms with van der Waals surface area (Å²) in [6.07, 6.45) is 0. The summed E-state index contributed by atoms with van der Waals surface area (Å²) in [5.74, 6) is 1.32. The van der Waals surface area contributed by atoms with Gasteiger partial charge in [0, 0.05) is 17.3 Å². The summed E-state index contributed by atoms with van der Waals surface area (Å²) in [5, 5.41) is 8.46. The van der Waals surface area contributed by atoms with Crippen LogP contribution >= 0.6 is 11.8 Å². The van der Waals surface area contributed by atoms with Gasteiger partial charge in [0.15, 0.2) is 5.16 Å². The van der Waals surface area contributed by atoms with Crippen LogP contribution in [0.3, 0.4) is 0 Å². The molecule has 1 aromatic carbocycles. The molecule has 0 unspecified atom stereocenters. The fourth-order valence-electron chi connectivity index (χ4n) is 1.78. The molecule has 0 saturated heterocycles. The van der Waals surface area contributed by atoms with Gasteiger partial charge < -0.3 is 10.2 Å². The van der Waals surface area contributed by atoms with Crippen LogP contribution in [-0.2, 0) is 5.75 Å². The van der Waals surface area contributed by atoms with Crippen LogP contribution in [0, 0.1) is 12.7 Å². The zero-order valence-electron chi connectivity index (χ0n) is 11.7. The van der Waals surface area contributed by atoms with Gasteiger partial charge in [0.2, 0.25) is 11.8 Å². The Hall–Kier alpha value is -2.48. The van der Waals surface area contributed by atoms with E-state index in [0.717, 1.165) is 5.69 Å². The van der Waals surface area contributed by atoms with Crippen LogP contribution in [0.4, 0.5) is 10.2 Å². The van der Waals surface area contributed by atoms with E-state index >= 15 is 0 Å². The maximum Gasteiger partial charge on any atom is 0.247 e. The number of nitrogen functional groups attached to an aromatic ring is 1. The molecule has 22 heavy (non-hydrogen) atoms. The number of rotatable bonds is 4. The zero-order valence-corrected chi connectivity index (χ0v) is 12.5. The summed E-state index contributed by atoms with van der Waals surface area (Å²) in [4.78, 5) is 8.39. The lowest BCUT2D eigenvalue weighted by Gasteiger charge is -2.00. The molecule has 0 radical (unpaired) electrons. The molecule has 2 heterocycles. The summed E-state index contributed by atoms with van der Waals surface area (Å²) in [6, 6.07) is 7.56. The van der Waals surface area contributed by atoms with Crippen molar-refractivity contribution in [3.05, 3.63) is 47.7 Å². The van der Waals surface area contributed by atoms with Crippen molar-refractivity contribution in [2.24, 2.45) is 0 Å². The van der Waals surface area contributed by atoms with Crippen molar-refractivity contribution in [2.45, 2.75) is 17.8 Å². The van der Waals surface area contributed by atoms with Crippen LogP contribution in [-0.4, -0.2) is 20.2 Å². The van der Waals surface area contributed by atoms with E-state index in [9.17, 15) is 4.39 Å². The Morgan fingerprint density at radius 2 is 1.95 bits per heavy atom. The highest BCUT2D eigenvalue weighted by molar-refractivity contribution is 7.98. The predicted molar refractivity (Wildman–Crippen MR) is 80.4 cm³/mol. The van der Waals surface area contributed by atoms with Crippen molar-refractivity contribution in [1.82, 2.24) is 20.2 Å². The summed E-state index contributed by atoms with van der Waals surface area (Å²) in [7, 11) is 0. The van der Waals surface area contributed by atoms with E-state index < -0.39 is 0 Å². The molecular formula is C14H12FN5OS. The number of nitrogens with zero attached hydrogens (tertiary/aromatic N) is 4. The topological polar surface area (TPSA) is 90.7 Å². The first-order valence-corrected chi connectivity index (χ1v) is 7.41. The third-order valence-corrected chi connectivity index (χ3v) is 3.57. The zero-order chi connectivity index (χ0) is 15.5. The fraction of sp³-hybridized carbons (Fsp3) is 0.143. The molecule has 0 aliphatic carbocycles. The molecule has 0 amide bonds. The molecule has 0 aliphatic heterocycles. The number of aryl methyl sites for hydroxylation is 1. The van der Waals surface area contributed by atoms with Crippen LogP contribution < -0.4 is 5.73 Å². The first-order valence-electron chi connectivity index (χ1n) is 6.42. The molecule has 2 aromatic heterocycles. The molecule has 3 aromatic rings. The Morgan fingerprint density at radius 3 is 2.68 bits per heavy atom. The van der Waals surface area contributed by atoms with Gasteiger partial charge in [-0.25, -0.2) is 14.4 Å². The van der Waals surface area contributed by atoms with Gasteiger partial charge in [0.1, 0.15) is 11.6 Å². The third-order valence-electron chi connectivity index (χ3n) is 2.74. The van der Waals surface area contributed by atoms with E-state index in [-0.39, 0.29) is 5.82 Å². The second kappa shape index (κ2) is 6.10. The smallest absolute Gasteiger partial charge is 0.247 e. The summed E-state index contributed by atoms with van der Waals surface area (Å²) in [6.45, 7) is 1.85. The van der Waals surface area contributed by atoms with Crippen molar-refractivity contribution < 1.29 is 8.81 Å². The highest BCUT2D eigenvalue weighted by Crippen LogP contribution is 2.23. The molecule has 112 valence electrons. The molecule has 0 bridgehead atoms. The van der Waals surface area contributed by atoms with Crippen LogP contribution in [0.25, 0.3) is 11.5 Å². The van der Waals surface area contributed by atoms with E-state index in [1.807, 2.05) is 6.92 Å². The number of aromatic nitrogens is 4. The largest absolute Gasteiger partial charge is 0.420 e. The van der Waals surface area contributed by atoms with E-state index in [1.165, 1.54) is 23.9 Å². The van der Waals surface area contributed by atoms with Gasteiger partial charge in [-0.1, -0.05) is 11.8 Å². The fourth-order valence-corrected chi connectivity index (χ4v) is 2.52. The maximum absolute atomic E-state index is 12.9. The Labute approximate surface area is 130 Å². The van der Waals surface area contributed by atoms with Gasteiger partial charge in [0.05, 0.1) is 5.75 Å². The molecule has 2 N–H and O–H groups in total. The Kier molecular flexibility index (Phi) is 4.01. The number of halogens is 1. The maximum atomic E-state index is 12.9. The van der Waals surface area contributed by atoms with E-state index in [4.69, 9.17) is 10.2 Å². The first kappa shape index (κ1) is 14.5. The van der Waals surface area contributed by atoms with Crippen LogP contribution in [0.15, 0.2) is 39.9 Å². The highest BCUT2D eigenvalue weighted by atomic mass is 32.2. The number of hydrogen-bond donors (Lipinski definition) is 1. The van der Waals surface area contributed by atoms with Crippen molar-refractivity contribution in [1.29, 1.82) is 0 Å². The second-order valence-corrected chi connectivity index (χ2v) is 5.46. The lowest BCUT2D eigenvalue weighted by Crippen LogP contribution is -1.96. The Morgan fingerprint density at radius 1 is 1.18 bits per heavy atom. The number of benzene rings is 1. The molecule has 0 spiro atoms. The minimum absolute atomic E-state index is 0.312. The van der Waals surface area contributed by atoms with Gasteiger partial charge in [-0.2, -0.15) is 0 Å². The molecule has 3 rings (SSSR count). The Bertz CT molecular complexity index is 770. The molecule has 6 nitrogen and oxygen atoms in total. The van der Waals surface area contributed by atoms with Crippen LogP contribution in [0.1, 0.15) is 11.6 Å². The third kappa shape index (κ3) is 3.40. The lowest BCUT2D eigenvalue weighted by molar-refractivity contribution is 0.528. The minimum Gasteiger partial charge on any atom is -0.420 e. The van der Waals surface area contributed by atoms with Crippen molar-refractivity contribution in [3.63, 3.8) is 0 Å². The number of nitrogens with two attached hydrogens (primary N) is 1. The SMILES string of the molecule is Cc1cc(N)nc(SCc2nnc(-c3ccc(F)cc3)o2)n1. The van der Waals surface area contributed by atoms with E-state index in [2.05, 4.69) is 20.2 Å². The molecule has 0 fully saturated rings. The van der Waals surface area contributed by atoms with Crippen LogP contribution in [0.2, 0.25) is 0 Å². The first-order chi connectivity index (χ1) is 10.6. The standard InChI is InChI=1S/C14H12FN5OS/c1-8-6-11(16)18-14(17-8)22-7-12-19-20-13(21-12)9-2-4-10(15)5-3-9/h2-6H,7H2,1H3,(H2,16,17,18). The Balaban J connectivity index is 1.70. The summed E-state index contributed by atoms with van der Waals surface area (Å²) < 4.78 is 18.4. The van der Waals surface area contributed by atoms with E-state index in [1.54, 1.807) is 18.2 Å². The number of thioether (sulfide) groups is 1. The van der Waals surface area contributed by atoms with Gasteiger partial charge in [-0.15, -0.1) is 10.2 Å². The normalized spacial score (nSPS) is 10.8. The van der Waals surface area contributed by atoms with Crippen LogP contribution in [0.5, 0.6) is 0 Å². The van der Waals surface area contributed by atoms with Crippen molar-refractivity contribution >= 4 is 17.6 Å². The van der Waals surface area contributed by atoms with Crippen molar-refractivity contribution in [3.8, 4) is 11.5 Å². The number of hydrogen-bond acceptors (Lipinski definition) is 7. The summed E-state index contributed by atoms with van der Waals surface area (Å²) >= 11 is 1.35. The molecular weight excluding hydrogens is 305 g/mol.